The summed E-state index contributed by atoms with van der Waals surface area (Å²) in [5, 5.41) is 0. The van der Waals surface area contributed by atoms with Gasteiger partial charge in [-0.1, -0.05) is 44.0 Å². The average Bonchev–Trinajstić information content (AvgIpc) is 2.88. The normalized spacial score (nSPS) is 13.3. The van der Waals surface area contributed by atoms with E-state index in [2.05, 4.69) is 15.4 Å². The van der Waals surface area contributed by atoms with Gasteiger partial charge in [0.25, 0.3) is 0 Å². The first kappa shape index (κ1) is 35.0. The van der Waals surface area contributed by atoms with Crippen molar-refractivity contribution in [2.75, 3.05) is 20.5 Å². The lowest BCUT2D eigenvalue weighted by molar-refractivity contribution is -0.368. The van der Waals surface area contributed by atoms with Crippen molar-refractivity contribution in [2.24, 2.45) is 0 Å². The molecule has 0 aliphatic heterocycles. The number of esters is 1. The van der Waals surface area contributed by atoms with Gasteiger partial charge in [-0.3, -0.25) is 4.79 Å². The van der Waals surface area contributed by atoms with Crippen LogP contribution in [0.3, 0.4) is 0 Å². The Hall–Kier alpha value is -3.23. The molecule has 232 valence electrons. The van der Waals surface area contributed by atoms with Crippen molar-refractivity contribution in [1.82, 2.24) is 0 Å². The minimum atomic E-state index is -5.86. The number of halogens is 6. The summed E-state index contributed by atoms with van der Waals surface area (Å²) in [5.41, 5.74) is -2.17. The number of carbonyl (C=O) groups is 1. The maximum Gasteiger partial charge on any atom is 0.438 e. The van der Waals surface area contributed by atoms with Crippen molar-refractivity contribution in [3.63, 3.8) is 0 Å². The quantitative estimate of drug-likeness (QED) is 0.115. The molecule has 1 atom stereocenters. The molecule has 5 nitrogen and oxygen atoms in total. The molecule has 0 heterocycles. The van der Waals surface area contributed by atoms with Gasteiger partial charge in [-0.05, 0) is 73.9 Å². The highest BCUT2D eigenvalue weighted by atomic mass is 19.4. The monoisotopic (exact) mass is 602 g/mol. The van der Waals surface area contributed by atoms with Gasteiger partial charge in [0, 0.05) is 25.0 Å². The Kier molecular flexibility index (Phi) is 11.5. The van der Waals surface area contributed by atoms with Crippen LogP contribution in [0.5, 0.6) is 5.75 Å². The van der Waals surface area contributed by atoms with E-state index in [4.69, 9.17) is 9.47 Å². The Balaban J connectivity index is 2.50. The van der Waals surface area contributed by atoms with E-state index in [1.807, 2.05) is 39.0 Å². The lowest BCUT2D eigenvalue weighted by Gasteiger charge is -2.34. The fraction of sp³-hybridized carbons (Fsp3) is 0.516. The highest BCUT2D eigenvalue weighted by Gasteiger charge is 2.72. The molecule has 0 saturated heterocycles. The molecule has 0 radical (unpaired) electrons. The predicted molar refractivity (Wildman–Crippen MR) is 145 cm³/mol. The van der Waals surface area contributed by atoms with Crippen LogP contribution in [-0.4, -0.2) is 50.5 Å². The Morgan fingerprint density at radius 1 is 0.905 bits per heavy atom. The number of benzene rings is 2. The maximum atomic E-state index is 13.7. The Labute approximate surface area is 242 Å². The van der Waals surface area contributed by atoms with E-state index in [-0.39, 0.29) is 12.2 Å². The first-order chi connectivity index (χ1) is 19.5. The minimum Gasteiger partial charge on any atom is -0.489 e. The smallest absolute Gasteiger partial charge is 0.438 e. The van der Waals surface area contributed by atoms with E-state index in [0.717, 1.165) is 23.8 Å². The van der Waals surface area contributed by atoms with Crippen LogP contribution in [0.1, 0.15) is 68.4 Å². The number of carbonyl (C=O) groups excluding carboxylic acids is 1. The molecular formula is C31H36F6O5. The maximum absolute atomic E-state index is 13.7. The average molecular weight is 603 g/mol. The molecule has 11 heteroatoms. The SMILES string of the molecule is CCC(CC)(c1ccc(C#CC(OCOC)(C(F)(F)F)C(F)(F)F)c(C)c1)c1ccc(OCC(C)OC(C)=O)c(C)c1. The van der Waals surface area contributed by atoms with E-state index >= 15 is 0 Å². The van der Waals surface area contributed by atoms with Crippen LogP contribution in [0.4, 0.5) is 26.3 Å². The first-order valence-electron chi connectivity index (χ1n) is 13.3. The number of aryl methyl sites for hydroxylation is 2. The second-order valence-electron chi connectivity index (χ2n) is 10.0. The van der Waals surface area contributed by atoms with Crippen LogP contribution in [0.15, 0.2) is 36.4 Å². The zero-order valence-corrected chi connectivity index (χ0v) is 24.7. The summed E-state index contributed by atoms with van der Waals surface area (Å²) in [6.45, 7) is 9.43. The number of hydrogen-bond acceptors (Lipinski definition) is 5. The van der Waals surface area contributed by atoms with Crippen LogP contribution in [0.2, 0.25) is 0 Å². The van der Waals surface area contributed by atoms with Crippen molar-refractivity contribution in [2.45, 2.75) is 83.9 Å². The molecule has 42 heavy (non-hydrogen) atoms. The molecular weight excluding hydrogens is 566 g/mol. The molecule has 0 aliphatic rings. The van der Waals surface area contributed by atoms with Gasteiger partial charge in [0.05, 0.1) is 0 Å². The van der Waals surface area contributed by atoms with Crippen molar-refractivity contribution < 1.29 is 50.1 Å². The molecule has 1 unspecified atom stereocenters. The Morgan fingerprint density at radius 2 is 1.45 bits per heavy atom. The molecule has 2 rings (SSSR count). The molecule has 2 aromatic rings. The summed E-state index contributed by atoms with van der Waals surface area (Å²) in [5.74, 6) is 3.60. The number of alkyl halides is 6. The molecule has 0 spiro atoms. The number of methoxy groups -OCH3 is 1. The fourth-order valence-electron chi connectivity index (χ4n) is 4.77. The summed E-state index contributed by atoms with van der Waals surface area (Å²) in [7, 11) is 0.913. The van der Waals surface area contributed by atoms with Crippen LogP contribution >= 0.6 is 0 Å². The lowest BCUT2D eigenvalue weighted by atomic mass is 9.70. The molecule has 0 fully saturated rings. The van der Waals surface area contributed by atoms with Gasteiger partial charge in [0.2, 0.25) is 0 Å². The van der Waals surface area contributed by atoms with E-state index in [9.17, 15) is 31.1 Å². The van der Waals surface area contributed by atoms with Gasteiger partial charge in [0.1, 0.15) is 25.3 Å². The zero-order valence-electron chi connectivity index (χ0n) is 24.7. The molecule has 0 aromatic heterocycles. The standard InChI is InChI=1S/C31H36F6O5/c1-8-28(9-2,26-12-13-27(21(4)17-26)40-18-22(5)42-23(6)38)25-11-10-24(20(3)16-25)14-15-29(30(32,33)34,31(35,36)37)41-19-39-7/h10-13,16-17,22H,8-9,18-19H2,1-7H3. The van der Waals surface area contributed by atoms with E-state index in [1.54, 1.807) is 26.0 Å². The van der Waals surface area contributed by atoms with Crippen molar-refractivity contribution >= 4 is 5.97 Å². The molecule has 0 amide bonds. The van der Waals surface area contributed by atoms with Crippen molar-refractivity contribution in [1.29, 1.82) is 0 Å². The number of rotatable bonds is 11. The van der Waals surface area contributed by atoms with Gasteiger partial charge in [-0.15, -0.1) is 0 Å². The minimum absolute atomic E-state index is 0.000533. The van der Waals surface area contributed by atoms with Gasteiger partial charge in [-0.25, -0.2) is 0 Å². The summed E-state index contributed by atoms with van der Waals surface area (Å²) in [4.78, 5) is 11.1. The lowest BCUT2D eigenvalue weighted by Crippen LogP contribution is -2.58. The second-order valence-corrected chi connectivity index (χ2v) is 10.0. The largest absolute Gasteiger partial charge is 0.489 e. The molecule has 0 N–H and O–H groups in total. The van der Waals surface area contributed by atoms with E-state index < -0.39 is 42.2 Å². The van der Waals surface area contributed by atoms with Crippen LogP contribution in [-0.2, 0) is 24.4 Å². The predicted octanol–water partition coefficient (Wildman–Crippen LogP) is 7.58. The second kappa shape index (κ2) is 13.8. The Bertz CT molecular complexity index is 1270. The third kappa shape index (κ3) is 7.58. The first-order valence-corrected chi connectivity index (χ1v) is 13.3. The molecule has 2 aromatic carbocycles. The topological polar surface area (TPSA) is 54.0 Å². The molecule has 0 aliphatic carbocycles. The van der Waals surface area contributed by atoms with Crippen molar-refractivity contribution in [3.05, 3.63) is 64.2 Å². The van der Waals surface area contributed by atoms with Gasteiger partial charge in [0.15, 0.2) is 0 Å². The highest BCUT2D eigenvalue weighted by Crippen LogP contribution is 2.46. The third-order valence-corrected chi connectivity index (χ3v) is 7.12. The van der Waals surface area contributed by atoms with E-state index in [0.29, 0.717) is 24.2 Å². The van der Waals surface area contributed by atoms with Gasteiger partial charge >= 0.3 is 23.9 Å². The van der Waals surface area contributed by atoms with Crippen LogP contribution in [0.25, 0.3) is 0 Å². The Morgan fingerprint density at radius 3 is 1.90 bits per heavy atom. The third-order valence-electron chi connectivity index (χ3n) is 7.12. The zero-order chi connectivity index (χ0) is 31.9. The fourth-order valence-corrected chi connectivity index (χ4v) is 4.77. The van der Waals surface area contributed by atoms with Crippen LogP contribution < -0.4 is 4.74 Å². The number of hydrogen-bond donors (Lipinski definition) is 0. The van der Waals surface area contributed by atoms with Gasteiger partial charge in [-0.2, -0.15) is 26.3 Å². The highest BCUT2D eigenvalue weighted by molar-refractivity contribution is 5.66. The van der Waals surface area contributed by atoms with Crippen LogP contribution in [0, 0.1) is 25.7 Å². The summed E-state index contributed by atoms with van der Waals surface area (Å²) in [6, 6.07) is 10.6. The van der Waals surface area contributed by atoms with Crippen molar-refractivity contribution in [3.8, 4) is 17.6 Å². The van der Waals surface area contributed by atoms with E-state index in [1.165, 1.54) is 18.9 Å². The summed E-state index contributed by atoms with van der Waals surface area (Å²) < 4.78 is 101. The summed E-state index contributed by atoms with van der Waals surface area (Å²) >= 11 is 0. The number of ether oxygens (including phenoxy) is 4. The van der Waals surface area contributed by atoms with Gasteiger partial charge < -0.3 is 18.9 Å². The summed E-state index contributed by atoms with van der Waals surface area (Å²) in [6.07, 6.45) is -10.8. The molecule has 0 bridgehead atoms. The molecule has 0 saturated carbocycles.